The van der Waals surface area contributed by atoms with E-state index in [2.05, 4.69) is 18.7 Å². The van der Waals surface area contributed by atoms with Gasteiger partial charge in [-0.15, -0.1) is 0 Å². The van der Waals surface area contributed by atoms with E-state index >= 15 is 0 Å². The third-order valence-electron chi connectivity index (χ3n) is 4.79. The van der Waals surface area contributed by atoms with Crippen LogP contribution in [-0.2, 0) is 13.1 Å². The first-order valence-electron chi connectivity index (χ1n) is 7.33. The first kappa shape index (κ1) is 14.5. The number of halogens is 1. The van der Waals surface area contributed by atoms with Gasteiger partial charge in [-0.2, -0.15) is 0 Å². The van der Waals surface area contributed by atoms with E-state index in [9.17, 15) is 4.39 Å². The maximum absolute atomic E-state index is 14.2. The minimum Gasteiger partial charge on any atom is -0.326 e. The molecule has 0 aliphatic carbocycles. The van der Waals surface area contributed by atoms with Crippen LogP contribution in [0.4, 0.5) is 4.39 Å². The number of nitrogens with two attached hydrogens (primary N) is 1. The molecule has 0 atom stereocenters. The molecule has 3 heteroatoms. The standard InChI is InChI=1S/C16H25FN2/c1-3-16(4-2)8-9-19(12-16)11-14-7-5-6-13(10-18)15(14)17/h5-7H,3-4,8-12,18H2,1-2H3. The Morgan fingerprint density at radius 1 is 1.26 bits per heavy atom. The molecule has 1 aromatic carbocycles. The van der Waals surface area contributed by atoms with Crippen molar-refractivity contribution in [1.29, 1.82) is 0 Å². The predicted octanol–water partition coefficient (Wildman–Crippen LogP) is 3.30. The summed E-state index contributed by atoms with van der Waals surface area (Å²) < 4.78 is 14.2. The summed E-state index contributed by atoms with van der Waals surface area (Å²) in [6.45, 7) is 7.68. The van der Waals surface area contributed by atoms with Crippen LogP contribution < -0.4 is 5.73 Å². The molecule has 2 rings (SSSR count). The average molecular weight is 264 g/mol. The van der Waals surface area contributed by atoms with E-state index in [-0.39, 0.29) is 12.4 Å². The summed E-state index contributed by atoms with van der Waals surface area (Å²) in [5.74, 6) is -0.115. The summed E-state index contributed by atoms with van der Waals surface area (Å²) in [6, 6.07) is 5.56. The zero-order valence-corrected chi connectivity index (χ0v) is 12.1. The first-order valence-corrected chi connectivity index (χ1v) is 7.33. The second kappa shape index (κ2) is 6.02. The van der Waals surface area contributed by atoms with Crippen molar-refractivity contribution in [2.45, 2.75) is 46.2 Å². The predicted molar refractivity (Wildman–Crippen MR) is 77.2 cm³/mol. The maximum atomic E-state index is 14.2. The fraction of sp³-hybridized carbons (Fsp3) is 0.625. The summed E-state index contributed by atoms with van der Waals surface area (Å²) in [5.41, 5.74) is 7.41. The molecule has 1 heterocycles. The summed E-state index contributed by atoms with van der Waals surface area (Å²) in [4.78, 5) is 2.38. The van der Waals surface area contributed by atoms with Crippen LogP contribution in [0.1, 0.15) is 44.2 Å². The van der Waals surface area contributed by atoms with Crippen molar-refractivity contribution >= 4 is 0 Å². The number of nitrogens with zero attached hydrogens (tertiary/aromatic N) is 1. The van der Waals surface area contributed by atoms with Crippen LogP contribution in [0.3, 0.4) is 0 Å². The van der Waals surface area contributed by atoms with Gasteiger partial charge in [0.05, 0.1) is 0 Å². The SMILES string of the molecule is CCC1(CC)CCN(Cc2cccc(CN)c2F)C1. The molecule has 0 amide bonds. The number of hydrogen-bond acceptors (Lipinski definition) is 2. The van der Waals surface area contributed by atoms with E-state index in [0.29, 0.717) is 17.5 Å². The highest BCUT2D eigenvalue weighted by molar-refractivity contribution is 5.26. The van der Waals surface area contributed by atoms with E-state index in [0.717, 1.165) is 18.7 Å². The molecule has 0 radical (unpaired) electrons. The van der Waals surface area contributed by atoms with Gasteiger partial charge >= 0.3 is 0 Å². The van der Waals surface area contributed by atoms with Gasteiger partial charge in [0.1, 0.15) is 5.82 Å². The molecule has 0 spiro atoms. The second-order valence-electron chi connectivity index (χ2n) is 5.76. The Morgan fingerprint density at radius 2 is 1.95 bits per heavy atom. The lowest BCUT2D eigenvalue weighted by Gasteiger charge is -2.26. The lowest BCUT2D eigenvalue weighted by atomic mass is 9.82. The lowest BCUT2D eigenvalue weighted by Crippen LogP contribution is -2.26. The number of benzene rings is 1. The highest BCUT2D eigenvalue weighted by Gasteiger charge is 2.34. The van der Waals surface area contributed by atoms with Gasteiger partial charge in [-0.25, -0.2) is 4.39 Å². The van der Waals surface area contributed by atoms with E-state index in [1.54, 1.807) is 6.07 Å². The molecule has 106 valence electrons. The quantitative estimate of drug-likeness (QED) is 0.884. The van der Waals surface area contributed by atoms with Crippen LogP contribution in [-0.4, -0.2) is 18.0 Å². The molecule has 0 bridgehead atoms. The molecule has 19 heavy (non-hydrogen) atoms. The summed E-state index contributed by atoms with van der Waals surface area (Å²) >= 11 is 0. The first-order chi connectivity index (χ1) is 9.14. The van der Waals surface area contributed by atoms with Crippen molar-refractivity contribution in [3.63, 3.8) is 0 Å². The van der Waals surface area contributed by atoms with Crippen molar-refractivity contribution in [3.05, 3.63) is 35.1 Å². The average Bonchev–Trinajstić information content (AvgIpc) is 2.85. The minimum atomic E-state index is -0.115. The molecule has 1 aromatic rings. The highest BCUT2D eigenvalue weighted by atomic mass is 19.1. The Bertz CT molecular complexity index is 427. The van der Waals surface area contributed by atoms with Crippen molar-refractivity contribution < 1.29 is 4.39 Å². The largest absolute Gasteiger partial charge is 0.326 e. The van der Waals surface area contributed by atoms with E-state index in [1.165, 1.54) is 19.3 Å². The maximum Gasteiger partial charge on any atom is 0.132 e. The number of likely N-dealkylation sites (tertiary alicyclic amines) is 1. The normalized spacial score (nSPS) is 18.9. The van der Waals surface area contributed by atoms with Gasteiger partial charge in [-0.3, -0.25) is 4.90 Å². The van der Waals surface area contributed by atoms with E-state index in [1.807, 2.05) is 12.1 Å². The molecular weight excluding hydrogens is 239 g/mol. The Labute approximate surface area is 115 Å². The zero-order chi connectivity index (χ0) is 13.9. The minimum absolute atomic E-state index is 0.115. The lowest BCUT2D eigenvalue weighted by molar-refractivity contribution is 0.234. The van der Waals surface area contributed by atoms with Crippen molar-refractivity contribution in [1.82, 2.24) is 4.90 Å². The van der Waals surface area contributed by atoms with E-state index < -0.39 is 0 Å². The third-order valence-corrected chi connectivity index (χ3v) is 4.79. The fourth-order valence-electron chi connectivity index (χ4n) is 3.14. The van der Waals surface area contributed by atoms with Crippen molar-refractivity contribution in [2.24, 2.45) is 11.1 Å². The second-order valence-corrected chi connectivity index (χ2v) is 5.76. The molecule has 1 fully saturated rings. The topological polar surface area (TPSA) is 29.3 Å². The summed E-state index contributed by atoms with van der Waals surface area (Å²) in [7, 11) is 0. The van der Waals surface area contributed by atoms with Crippen LogP contribution in [0.15, 0.2) is 18.2 Å². The van der Waals surface area contributed by atoms with Crippen LogP contribution in [0.25, 0.3) is 0 Å². The Hall–Kier alpha value is -0.930. The molecule has 0 saturated carbocycles. The van der Waals surface area contributed by atoms with Gasteiger partial charge in [0.15, 0.2) is 0 Å². The molecule has 1 saturated heterocycles. The molecule has 1 aliphatic rings. The zero-order valence-electron chi connectivity index (χ0n) is 12.1. The van der Waals surface area contributed by atoms with Crippen LogP contribution in [0.2, 0.25) is 0 Å². The van der Waals surface area contributed by atoms with Crippen LogP contribution in [0, 0.1) is 11.2 Å². The Balaban J connectivity index is 2.07. The van der Waals surface area contributed by atoms with Gasteiger partial charge in [0.25, 0.3) is 0 Å². The highest BCUT2D eigenvalue weighted by Crippen LogP contribution is 2.37. The Kier molecular flexibility index (Phi) is 4.58. The van der Waals surface area contributed by atoms with Crippen LogP contribution in [0.5, 0.6) is 0 Å². The molecule has 1 aliphatic heterocycles. The molecule has 2 nitrogen and oxygen atoms in total. The Morgan fingerprint density at radius 3 is 2.53 bits per heavy atom. The molecule has 0 unspecified atom stereocenters. The third kappa shape index (κ3) is 2.98. The summed E-state index contributed by atoms with van der Waals surface area (Å²) in [6.07, 6.45) is 3.66. The van der Waals surface area contributed by atoms with Gasteiger partial charge in [0, 0.05) is 30.8 Å². The molecule has 0 aromatic heterocycles. The fourth-order valence-corrected chi connectivity index (χ4v) is 3.14. The van der Waals surface area contributed by atoms with Crippen LogP contribution >= 0.6 is 0 Å². The van der Waals surface area contributed by atoms with Gasteiger partial charge in [-0.05, 0) is 31.2 Å². The van der Waals surface area contributed by atoms with Gasteiger partial charge in [-0.1, -0.05) is 32.0 Å². The monoisotopic (exact) mass is 264 g/mol. The smallest absolute Gasteiger partial charge is 0.132 e. The summed E-state index contributed by atoms with van der Waals surface area (Å²) in [5, 5.41) is 0. The van der Waals surface area contributed by atoms with E-state index in [4.69, 9.17) is 5.73 Å². The van der Waals surface area contributed by atoms with Gasteiger partial charge < -0.3 is 5.73 Å². The van der Waals surface area contributed by atoms with Crippen molar-refractivity contribution in [2.75, 3.05) is 13.1 Å². The van der Waals surface area contributed by atoms with Gasteiger partial charge in [0.2, 0.25) is 0 Å². The molecular formula is C16H25FN2. The molecule has 2 N–H and O–H groups in total. The number of rotatable bonds is 5. The van der Waals surface area contributed by atoms with Crippen molar-refractivity contribution in [3.8, 4) is 0 Å². The number of hydrogen-bond donors (Lipinski definition) is 1.